The highest BCUT2D eigenvalue weighted by atomic mass is 32.2. The van der Waals surface area contributed by atoms with Gasteiger partial charge in [-0.15, -0.1) is 0 Å². The predicted molar refractivity (Wildman–Crippen MR) is 71.1 cm³/mol. The molecule has 0 radical (unpaired) electrons. The van der Waals surface area contributed by atoms with Crippen molar-refractivity contribution in [3.05, 3.63) is 12.4 Å². The van der Waals surface area contributed by atoms with Crippen molar-refractivity contribution in [2.45, 2.75) is 44.4 Å². The summed E-state index contributed by atoms with van der Waals surface area (Å²) in [6.07, 6.45) is 7.75. The molecule has 0 aliphatic carbocycles. The molecule has 0 aromatic carbocycles. The smallest absolute Gasteiger partial charge is 0.202 e. The van der Waals surface area contributed by atoms with Gasteiger partial charge in [0, 0.05) is 30.2 Å². The van der Waals surface area contributed by atoms with Gasteiger partial charge in [-0.3, -0.25) is 0 Å². The van der Waals surface area contributed by atoms with Gasteiger partial charge in [-0.2, -0.15) is 11.8 Å². The maximum atomic E-state index is 4.37. The largest absolute Gasteiger partial charge is 0.354 e. The average molecular weight is 239 g/mol. The van der Waals surface area contributed by atoms with E-state index in [0.29, 0.717) is 4.75 Å². The molecule has 1 saturated heterocycles. The van der Waals surface area contributed by atoms with Crippen LogP contribution in [-0.4, -0.2) is 26.6 Å². The third-order valence-corrected chi connectivity index (χ3v) is 4.64. The molecule has 1 aromatic rings. The summed E-state index contributed by atoms with van der Waals surface area (Å²) in [7, 11) is 0. The highest BCUT2D eigenvalue weighted by molar-refractivity contribution is 8.00. The summed E-state index contributed by atoms with van der Waals surface area (Å²) in [5.74, 6) is 2.33. The zero-order valence-electron chi connectivity index (χ0n) is 10.2. The number of nitrogens with zero attached hydrogens (tertiary/aromatic N) is 2. The molecule has 2 rings (SSSR count). The lowest BCUT2D eigenvalue weighted by Gasteiger charge is -2.23. The van der Waals surface area contributed by atoms with Gasteiger partial charge in [-0.1, -0.05) is 6.92 Å². The van der Waals surface area contributed by atoms with Gasteiger partial charge in [-0.05, 0) is 31.9 Å². The van der Waals surface area contributed by atoms with Crippen LogP contribution in [0.5, 0.6) is 0 Å². The molecule has 1 fully saturated rings. The Morgan fingerprint density at radius 2 is 2.50 bits per heavy atom. The lowest BCUT2D eigenvalue weighted by Crippen LogP contribution is -2.28. The zero-order chi connectivity index (χ0) is 11.4. The molecule has 1 atom stereocenters. The van der Waals surface area contributed by atoms with E-state index in [2.05, 4.69) is 46.7 Å². The van der Waals surface area contributed by atoms with E-state index < -0.39 is 0 Å². The Bertz CT molecular complexity index is 329. The first-order valence-corrected chi connectivity index (χ1v) is 7.11. The van der Waals surface area contributed by atoms with Crippen LogP contribution in [0.1, 0.15) is 33.1 Å². The maximum absolute atomic E-state index is 4.37. The fourth-order valence-electron chi connectivity index (χ4n) is 2.14. The van der Waals surface area contributed by atoms with E-state index in [-0.39, 0.29) is 0 Å². The van der Waals surface area contributed by atoms with Gasteiger partial charge < -0.3 is 9.88 Å². The fraction of sp³-hybridized carbons (Fsp3) is 0.750. The van der Waals surface area contributed by atoms with Gasteiger partial charge in [-0.25, -0.2) is 4.98 Å². The van der Waals surface area contributed by atoms with Crippen molar-refractivity contribution < 1.29 is 0 Å². The van der Waals surface area contributed by atoms with Crippen molar-refractivity contribution in [3.8, 4) is 0 Å². The number of aryl methyl sites for hydroxylation is 1. The fourth-order valence-corrected chi connectivity index (χ4v) is 3.38. The van der Waals surface area contributed by atoms with Crippen LogP contribution in [0.4, 0.5) is 5.95 Å². The summed E-state index contributed by atoms with van der Waals surface area (Å²) in [4.78, 5) is 4.37. The number of hydrogen-bond acceptors (Lipinski definition) is 3. The molecule has 0 saturated carbocycles. The second-order valence-corrected chi connectivity index (χ2v) is 6.38. The summed E-state index contributed by atoms with van der Waals surface area (Å²) < 4.78 is 2.60. The average Bonchev–Trinajstić information content (AvgIpc) is 2.86. The van der Waals surface area contributed by atoms with Crippen LogP contribution in [0, 0.1) is 0 Å². The molecule has 3 nitrogen and oxygen atoms in total. The van der Waals surface area contributed by atoms with Crippen molar-refractivity contribution in [1.29, 1.82) is 0 Å². The first-order chi connectivity index (χ1) is 7.73. The topological polar surface area (TPSA) is 29.9 Å². The van der Waals surface area contributed by atoms with Crippen LogP contribution in [-0.2, 0) is 6.54 Å². The molecule has 1 aliphatic rings. The summed E-state index contributed by atoms with van der Waals surface area (Å²) >= 11 is 2.09. The minimum atomic E-state index is 0.406. The van der Waals surface area contributed by atoms with E-state index in [1.165, 1.54) is 18.6 Å². The Labute approximate surface area is 102 Å². The second-order valence-electron chi connectivity index (χ2n) is 4.70. The van der Waals surface area contributed by atoms with Crippen LogP contribution in [0.3, 0.4) is 0 Å². The van der Waals surface area contributed by atoms with Gasteiger partial charge in [0.25, 0.3) is 0 Å². The van der Waals surface area contributed by atoms with Crippen LogP contribution in [0.25, 0.3) is 0 Å². The predicted octanol–water partition coefficient (Wildman–Crippen LogP) is 2.99. The number of thioether (sulfide) groups is 1. The Balaban J connectivity index is 1.91. The van der Waals surface area contributed by atoms with E-state index in [1.54, 1.807) is 0 Å². The Morgan fingerprint density at radius 3 is 3.19 bits per heavy atom. The molecular formula is C12H21N3S. The second kappa shape index (κ2) is 5.13. The van der Waals surface area contributed by atoms with Crippen molar-refractivity contribution in [2.75, 3.05) is 17.6 Å². The lowest BCUT2D eigenvalue weighted by molar-refractivity contribution is 0.622. The third-order valence-electron chi connectivity index (χ3n) is 3.10. The first kappa shape index (κ1) is 11.8. The molecule has 1 aromatic heterocycles. The van der Waals surface area contributed by atoms with Gasteiger partial charge in [0.1, 0.15) is 0 Å². The molecular weight excluding hydrogens is 218 g/mol. The minimum Gasteiger partial charge on any atom is -0.354 e. The standard InChI is InChI=1S/C12H21N3S/c1-3-7-15-8-6-13-11(15)14-10-12(2)5-4-9-16-12/h6,8H,3-5,7,9-10H2,1-2H3,(H,13,14). The van der Waals surface area contributed by atoms with Gasteiger partial charge in [0.15, 0.2) is 0 Å². The molecule has 16 heavy (non-hydrogen) atoms. The quantitative estimate of drug-likeness (QED) is 0.856. The molecule has 0 bridgehead atoms. The normalized spacial score (nSPS) is 24.9. The zero-order valence-corrected chi connectivity index (χ0v) is 11.0. The SMILES string of the molecule is CCCn1ccnc1NCC1(C)CCCS1. The molecule has 90 valence electrons. The molecule has 1 unspecified atom stereocenters. The van der Waals surface area contributed by atoms with Crippen LogP contribution < -0.4 is 5.32 Å². The summed E-state index contributed by atoms with van der Waals surface area (Å²) in [6.45, 7) is 6.62. The first-order valence-electron chi connectivity index (χ1n) is 6.12. The van der Waals surface area contributed by atoms with Gasteiger partial charge in [0.05, 0.1) is 0 Å². The molecule has 0 spiro atoms. The highest BCUT2D eigenvalue weighted by Crippen LogP contribution is 2.37. The summed E-state index contributed by atoms with van der Waals surface area (Å²) in [5.41, 5.74) is 0. The van der Waals surface area contributed by atoms with Gasteiger partial charge in [0.2, 0.25) is 5.95 Å². The minimum absolute atomic E-state index is 0.406. The van der Waals surface area contributed by atoms with Gasteiger partial charge >= 0.3 is 0 Å². The van der Waals surface area contributed by atoms with E-state index in [1.807, 2.05) is 6.20 Å². The van der Waals surface area contributed by atoms with E-state index in [9.17, 15) is 0 Å². The van der Waals surface area contributed by atoms with Crippen LogP contribution >= 0.6 is 11.8 Å². The number of hydrogen-bond donors (Lipinski definition) is 1. The molecule has 4 heteroatoms. The number of aromatic nitrogens is 2. The Kier molecular flexibility index (Phi) is 3.79. The number of rotatable bonds is 5. The number of imidazole rings is 1. The molecule has 2 heterocycles. The lowest BCUT2D eigenvalue weighted by atomic mass is 10.1. The van der Waals surface area contributed by atoms with E-state index in [4.69, 9.17) is 0 Å². The Morgan fingerprint density at radius 1 is 1.62 bits per heavy atom. The molecule has 1 aliphatic heterocycles. The Hall–Kier alpha value is -0.640. The van der Waals surface area contributed by atoms with E-state index >= 15 is 0 Å². The summed E-state index contributed by atoms with van der Waals surface area (Å²) in [6, 6.07) is 0. The molecule has 1 N–H and O–H groups in total. The third kappa shape index (κ3) is 2.73. The summed E-state index contributed by atoms with van der Waals surface area (Å²) in [5, 5.41) is 3.49. The van der Waals surface area contributed by atoms with Crippen LogP contribution in [0.15, 0.2) is 12.4 Å². The molecule has 0 amide bonds. The van der Waals surface area contributed by atoms with E-state index in [0.717, 1.165) is 25.5 Å². The van der Waals surface area contributed by atoms with Crippen molar-refractivity contribution in [2.24, 2.45) is 0 Å². The van der Waals surface area contributed by atoms with Crippen molar-refractivity contribution >= 4 is 17.7 Å². The highest BCUT2D eigenvalue weighted by Gasteiger charge is 2.29. The maximum Gasteiger partial charge on any atom is 0.202 e. The van der Waals surface area contributed by atoms with Crippen LogP contribution in [0.2, 0.25) is 0 Å². The number of nitrogens with one attached hydrogen (secondary N) is 1. The monoisotopic (exact) mass is 239 g/mol. The van der Waals surface area contributed by atoms with Crippen molar-refractivity contribution in [1.82, 2.24) is 9.55 Å². The van der Waals surface area contributed by atoms with Crippen molar-refractivity contribution in [3.63, 3.8) is 0 Å². The number of anilines is 1.